The Morgan fingerprint density at radius 2 is 1.89 bits per heavy atom. The third kappa shape index (κ3) is 6.72. The predicted octanol–water partition coefficient (Wildman–Crippen LogP) is 4.37. The number of hydrogen-bond donors (Lipinski definition) is 2. The molecule has 2 aromatic carbocycles. The SMILES string of the molecule is C=CCCC(=O)N[C@H](C)[C@@H](OC(=O)[C@@H]1[C@H]2C(=O)N(CCCO)[C@H](C(=O)N(CC=C)c3ccc(Cl)cc3)[C@]23CC[C@H]1O3)c1ccccc1. The minimum Gasteiger partial charge on any atom is -0.455 e. The second kappa shape index (κ2) is 14.8. The molecule has 2 aromatic rings. The van der Waals surface area contributed by atoms with E-state index in [-0.39, 0.29) is 50.3 Å². The number of aliphatic hydroxyl groups is 1. The van der Waals surface area contributed by atoms with Gasteiger partial charge in [0.15, 0.2) is 0 Å². The van der Waals surface area contributed by atoms with Gasteiger partial charge in [-0.05, 0) is 62.4 Å². The standard InChI is InChI=1S/C36H42ClN3O7/c1-4-6-13-28(42)38-23(3)31(24-11-8-7-9-12-24)46-35(45)29-27-18-19-36(47-27)30(29)33(43)40(21-10-22-41)32(36)34(44)39(20-5-2)26-16-14-25(37)15-17-26/h4-5,7-9,11-12,14-17,23,27,29-32,41H,1-2,6,10,13,18-22H2,3H3,(H,38,42)/t23-,27-,29+,30+,31-,32-,36+/m1/s1. The minimum absolute atomic E-state index is 0.114. The van der Waals surface area contributed by atoms with Crippen molar-refractivity contribution in [2.45, 2.75) is 68.9 Å². The number of carbonyl (C=O) groups is 4. The smallest absolute Gasteiger partial charge is 0.313 e. The van der Waals surface area contributed by atoms with Gasteiger partial charge in [-0.1, -0.05) is 54.1 Å². The lowest BCUT2D eigenvalue weighted by Gasteiger charge is -2.36. The maximum absolute atomic E-state index is 14.5. The molecule has 0 unspecified atom stereocenters. The topological polar surface area (TPSA) is 125 Å². The van der Waals surface area contributed by atoms with Crippen LogP contribution in [0.1, 0.15) is 50.7 Å². The molecule has 3 aliphatic rings. The molecule has 3 heterocycles. The summed E-state index contributed by atoms with van der Waals surface area (Å²) in [5.74, 6) is -3.47. The van der Waals surface area contributed by atoms with Crippen molar-refractivity contribution in [3.05, 3.63) is 90.5 Å². The van der Waals surface area contributed by atoms with Gasteiger partial charge in [0, 0.05) is 36.8 Å². The van der Waals surface area contributed by atoms with Crippen LogP contribution in [-0.4, -0.2) is 77.2 Å². The highest BCUT2D eigenvalue weighted by atomic mass is 35.5. The molecule has 3 amide bonds. The van der Waals surface area contributed by atoms with Crippen LogP contribution < -0.4 is 10.2 Å². The summed E-state index contributed by atoms with van der Waals surface area (Å²) in [7, 11) is 0. The molecule has 3 aliphatic heterocycles. The summed E-state index contributed by atoms with van der Waals surface area (Å²) in [5, 5.41) is 13.1. The van der Waals surface area contributed by atoms with E-state index in [4.69, 9.17) is 21.1 Å². The lowest BCUT2D eigenvalue weighted by molar-refractivity contribution is -0.162. The number of likely N-dealkylation sites (tertiary alicyclic amines) is 1. The summed E-state index contributed by atoms with van der Waals surface area (Å²) in [6.07, 6.45) is 3.69. The van der Waals surface area contributed by atoms with E-state index < -0.39 is 47.7 Å². The summed E-state index contributed by atoms with van der Waals surface area (Å²) in [6.45, 7) is 9.37. The Hall–Kier alpha value is -3.99. The fraction of sp³-hybridized carbons (Fsp3) is 0.444. The van der Waals surface area contributed by atoms with Gasteiger partial charge in [-0.3, -0.25) is 19.2 Å². The van der Waals surface area contributed by atoms with Crippen LogP contribution in [0.5, 0.6) is 0 Å². The number of amides is 3. The Morgan fingerprint density at radius 1 is 1.17 bits per heavy atom. The fourth-order valence-electron chi connectivity index (χ4n) is 7.34. The van der Waals surface area contributed by atoms with Crippen molar-refractivity contribution in [1.29, 1.82) is 0 Å². The number of allylic oxidation sites excluding steroid dienone is 1. The van der Waals surface area contributed by atoms with Crippen molar-refractivity contribution in [2.24, 2.45) is 11.8 Å². The number of rotatable bonds is 15. The van der Waals surface area contributed by atoms with Crippen molar-refractivity contribution in [1.82, 2.24) is 10.2 Å². The van der Waals surface area contributed by atoms with Gasteiger partial charge in [-0.2, -0.15) is 0 Å². The number of hydrogen-bond acceptors (Lipinski definition) is 7. The Kier molecular flexibility index (Phi) is 10.8. The Morgan fingerprint density at radius 3 is 2.55 bits per heavy atom. The number of nitrogens with one attached hydrogen (secondary N) is 1. The zero-order valence-corrected chi connectivity index (χ0v) is 27.3. The van der Waals surface area contributed by atoms with Gasteiger partial charge < -0.3 is 29.7 Å². The van der Waals surface area contributed by atoms with E-state index in [0.29, 0.717) is 35.5 Å². The predicted molar refractivity (Wildman–Crippen MR) is 177 cm³/mol. The second-order valence-corrected chi connectivity index (χ2v) is 12.8. The zero-order chi connectivity index (χ0) is 33.7. The van der Waals surface area contributed by atoms with Gasteiger partial charge in [0.2, 0.25) is 11.8 Å². The minimum atomic E-state index is -1.25. The molecule has 47 heavy (non-hydrogen) atoms. The van der Waals surface area contributed by atoms with Gasteiger partial charge in [-0.15, -0.1) is 13.2 Å². The van der Waals surface area contributed by atoms with Crippen molar-refractivity contribution in [2.75, 3.05) is 24.6 Å². The first-order valence-corrected chi connectivity index (χ1v) is 16.5. The Bertz CT molecular complexity index is 1490. The van der Waals surface area contributed by atoms with E-state index >= 15 is 0 Å². The monoisotopic (exact) mass is 663 g/mol. The summed E-state index contributed by atoms with van der Waals surface area (Å²) in [4.78, 5) is 58.6. The molecule has 0 aromatic heterocycles. The molecular weight excluding hydrogens is 622 g/mol. The number of anilines is 1. The Labute approximate surface area is 280 Å². The number of nitrogens with zero attached hydrogens (tertiary/aromatic N) is 2. The van der Waals surface area contributed by atoms with Gasteiger partial charge in [-0.25, -0.2) is 0 Å². The fourth-order valence-corrected chi connectivity index (χ4v) is 7.47. The maximum atomic E-state index is 14.5. The lowest BCUT2D eigenvalue weighted by atomic mass is 9.70. The van der Waals surface area contributed by atoms with Crippen molar-refractivity contribution in [3.8, 4) is 0 Å². The van der Waals surface area contributed by atoms with E-state index in [0.717, 1.165) is 0 Å². The van der Waals surface area contributed by atoms with E-state index in [1.165, 1.54) is 9.80 Å². The third-order valence-electron chi connectivity index (χ3n) is 9.37. The average Bonchev–Trinajstić information content (AvgIpc) is 3.71. The first kappa shape index (κ1) is 34.3. The average molecular weight is 664 g/mol. The van der Waals surface area contributed by atoms with Gasteiger partial charge in [0.25, 0.3) is 5.91 Å². The highest BCUT2D eigenvalue weighted by Gasteiger charge is 2.75. The molecule has 2 bridgehead atoms. The highest BCUT2D eigenvalue weighted by molar-refractivity contribution is 6.30. The second-order valence-electron chi connectivity index (χ2n) is 12.3. The van der Waals surface area contributed by atoms with E-state index in [9.17, 15) is 24.3 Å². The number of carbonyl (C=O) groups excluding carboxylic acids is 4. The van der Waals surface area contributed by atoms with Crippen LogP contribution >= 0.6 is 11.6 Å². The molecule has 2 N–H and O–H groups in total. The first-order valence-electron chi connectivity index (χ1n) is 16.1. The van der Waals surface area contributed by atoms with Gasteiger partial charge in [0.05, 0.1) is 24.0 Å². The van der Waals surface area contributed by atoms with Crippen LogP contribution in [0, 0.1) is 11.8 Å². The first-order chi connectivity index (χ1) is 22.7. The zero-order valence-electron chi connectivity index (χ0n) is 26.6. The normalized spacial score (nSPS) is 25.5. The molecule has 0 aliphatic carbocycles. The van der Waals surface area contributed by atoms with E-state index in [1.807, 2.05) is 30.3 Å². The van der Waals surface area contributed by atoms with E-state index in [2.05, 4.69) is 18.5 Å². The summed E-state index contributed by atoms with van der Waals surface area (Å²) >= 11 is 6.12. The summed E-state index contributed by atoms with van der Waals surface area (Å²) < 4.78 is 12.8. The van der Waals surface area contributed by atoms with Crippen LogP contribution in [0.2, 0.25) is 5.02 Å². The van der Waals surface area contributed by atoms with Gasteiger partial charge in [0.1, 0.15) is 17.7 Å². The number of fused-ring (bicyclic) bond motifs is 1. The van der Waals surface area contributed by atoms with Crippen LogP contribution in [-0.2, 0) is 28.7 Å². The van der Waals surface area contributed by atoms with E-state index in [1.54, 1.807) is 43.3 Å². The molecule has 250 valence electrons. The number of aliphatic hydroxyl groups excluding tert-OH is 1. The van der Waals surface area contributed by atoms with Crippen molar-refractivity contribution < 1.29 is 33.8 Å². The number of esters is 1. The van der Waals surface area contributed by atoms with Gasteiger partial charge >= 0.3 is 5.97 Å². The number of halogens is 1. The lowest BCUT2D eigenvalue weighted by Crippen LogP contribution is -2.56. The third-order valence-corrected chi connectivity index (χ3v) is 9.62. The number of benzene rings is 2. The molecule has 7 atom stereocenters. The summed E-state index contributed by atoms with van der Waals surface area (Å²) in [6, 6.07) is 14.3. The van der Waals surface area contributed by atoms with Crippen LogP contribution in [0.15, 0.2) is 79.9 Å². The largest absolute Gasteiger partial charge is 0.455 e. The molecule has 10 nitrogen and oxygen atoms in total. The van der Waals surface area contributed by atoms with Crippen LogP contribution in [0.3, 0.4) is 0 Å². The molecule has 3 fully saturated rings. The molecule has 0 radical (unpaired) electrons. The van der Waals surface area contributed by atoms with Crippen molar-refractivity contribution >= 4 is 41.0 Å². The maximum Gasteiger partial charge on any atom is 0.313 e. The molecule has 11 heteroatoms. The highest BCUT2D eigenvalue weighted by Crippen LogP contribution is 2.59. The van der Waals surface area contributed by atoms with Crippen molar-refractivity contribution in [3.63, 3.8) is 0 Å². The van der Waals surface area contributed by atoms with Crippen LogP contribution in [0.25, 0.3) is 0 Å². The van der Waals surface area contributed by atoms with Crippen LogP contribution in [0.4, 0.5) is 5.69 Å². The Balaban J connectivity index is 1.46. The number of ether oxygens (including phenoxy) is 2. The quantitative estimate of drug-likeness (QED) is 0.214. The molecule has 1 spiro atoms. The molecule has 0 saturated carbocycles. The summed E-state index contributed by atoms with van der Waals surface area (Å²) in [5.41, 5.74) is 0.0120. The molecule has 5 rings (SSSR count). The molecule has 3 saturated heterocycles. The molecular formula is C36H42ClN3O7.